The highest BCUT2D eigenvalue weighted by atomic mass is 32.2. The molecule has 1 aromatic heterocycles. The fourth-order valence-corrected chi connectivity index (χ4v) is 2.52. The number of rotatable bonds is 3. The Morgan fingerprint density at radius 3 is 2.18 bits per heavy atom. The summed E-state index contributed by atoms with van der Waals surface area (Å²) < 4.78 is 0.554. The zero-order valence-electron chi connectivity index (χ0n) is 6.65. The molecule has 0 fully saturated rings. The van der Waals surface area contributed by atoms with Gasteiger partial charge >= 0.3 is 0 Å². The van der Waals surface area contributed by atoms with Crippen molar-refractivity contribution in [2.45, 2.75) is 4.58 Å². The van der Waals surface area contributed by atoms with E-state index >= 15 is 0 Å². The number of aromatic nitrogens is 1. The molecule has 0 aliphatic carbocycles. The van der Waals surface area contributed by atoms with Gasteiger partial charge in [0.15, 0.2) is 0 Å². The van der Waals surface area contributed by atoms with Gasteiger partial charge in [-0.25, -0.2) is 0 Å². The predicted octanol–water partition coefficient (Wildman–Crippen LogP) is 2.81. The molecule has 1 aromatic rings. The molecule has 0 unspecified atom stereocenters. The van der Waals surface area contributed by atoms with Crippen molar-refractivity contribution in [1.29, 1.82) is 0 Å². The molecule has 60 valence electrons. The Balaban J connectivity index is 2.74. The van der Waals surface area contributed by atoms with E-state index in [-0.39, 0.29) is 0 Å². The van der Waals surface area contributed by atoms with Crippen LogP contribution in [0.3, 0.4) is 0 Å². The first-order valence-corrected chi connectivity index (χ1v) is 5.91. The van der Waals surface area contributed by atoms with Gasteiger partial charge in [-0.3, -0.25) is 4.98 Å². The van der Waals surface area contributed by atoms with Crippen molar-refractivity contribution in [2.75, 3.05) is 12.5 Å². The number of nitrogens with zero attached hydrogens (tertiary/aromatic N) is 1. The molecule has 1 rings (SSSR count). The summed E-state index contributed by atoms with van der Waals surface area (Å²) in [5, 5.41) is 0. The molecule has 0 radical (unpaired) electrons. The smallest absolute Gasteiger partial charge is 0.0746 e. The molecular weight excluding hydrogens is 174 g/mol. The third kappa shape index (κ3) is 2.42. The summed E-state index contributed by atoms with van der Waals surface area (Å²) in [5.41, 5.74) is 1.35. The van der Waals surface area contributed by atoms with Gasteiger partial charge in [-0.2, -0.15) is 0 Å². The Labute approximate surface area is 76.0 Å². The number of thioether (sulfide) groups is 2. The molecule has 0 amide bonds. The molecule has 11 heavy (non-hydrogen) atoms. The minimum Gasteiger partial charge on any atom is -0.265 e. The fourth-order valence-electron chi connectivity index (χ4n) is 0.889. The van der Waals surface area contributed by atoms with Gasteiger partial charge in [0.05, 0.1) is 4.58 Å². The van der Waals surface area contributed by atoms with Crippen LogP contribution in [0, 0.1) is 0 Å². The van der Waals surface area contributed by atoms with E-state index < -0.39 is 0 Å². The topological polar surface area (TPSA) is 12.9 Å². The van der Waals surface area contributed by atoms with E-state index in [4.69, 9.17) is 0 Å². The maximum atomic E-state index is 3.98. The molecule has 0 aliphatic rings. The van der Waals surface area contributed by atoms with E-state index in [0.717, 1.165) is 0 Å². The zero-order valence-corrected chi connectivity index (χ0v) is 8.28. The van der Waals surface area contributed by atoms with Gasteiger partial charge in [-0.15, -0.1) is 23.5 Å². The normalized spacial score (nSPS) is 10.5. The number of pyridine rings is 1. The molecule has 0 spiro atoms. The van der Waals surface area contributed by atoms with Crippen LogP contribution in [-0.4, -0.2) is 17.5 Å². The summed E-state index contributed by atoms with van der Waals surface area (Å²) in [5.74, 6) is 0. The van der Waals surface area contributed by atoms with Gasteiger partial charge in [0, 0.05) is 12.4 Å². The van der Waals surface area contributed by atoms with E-state index in [2.05, 4.69) is 29.6 Å². The van der Waals surface area contributed by atoms with Crippen molar-refractivity contribution >= 4 is 23.5 Å². The minimum atomic E-state index is 0.554. The van der Waals surface area contributed by atoms with Crippen LogP contribution in [-0.2, 0) is 0 Å². The zero-order chi connectivity index (χ0) is 8.10. The largest absolute Gasteiger partial charge is 0.265 e. The molecule has 1 nitrogen and oxygen atoms in total. The molecule has 0 atom stereocenters. The first kappa shape index (κ1) is 8.94. The summed E-state index contributed by atoms with van der Waals surface area (Å²) in [6, 6.07) is 4.13. The van der Waals surface area contributed by atoms with Gasteiger partial charge in [0.2, 0.25) is 0 Å². The highest BCUT2D eigenvalue weighted by Gasteiger charge is 2.05. The lowest BCUT2D eigenvalue weighted by Crippen LogP contribution is -1.86. The van der Waals surface area contributed by atoms with Crippen molar-refractivity contribution in [3.63, 3.8) is 0 Å². The number of hydrogen-bond acceptors (Lipinski definition) is 3. The molecule has 0 N–H and O–H groups in total. The number of hydrogen-bond donors (Lipinski definition) is 0. The standard InChI is InChI=1S/C8H11NS2/c1-10-8(11-2)7-3-5-9-6-4-7/h3-6,8H,1-2H3. The Kier molecular flexibility index (Phi) is 3.80. The Bertz CT molecular complexity index is 197. The van der Waals surface area contributed by atoms with E-state index in [9.17, 15) is 0 Å². The van der Waals surface area contributed by atoms with Crippen LogP contribution >= 0.6 is 23.5 Å². The van der Waals surface area contributed by atoms with Crippen LogP contribution < -0.4 is 0 Å². The monoisotopic (exact) mass is 185 g/mol. The van der Waals surface area contributed by atoms with Crippen LogP contribution in [0.5, 0.6) is 0 Å². The van der Waals surface area contributed by atoms with E-state index in [1.807, 2.05) is 35.9 Å². The SMILES string of the molecule is CSC(SC)c1ccncc1. The minimum absolute atomic E-state index is 0.554. The van der Waals surface area contributed by atoms with E-state index in [1.54, 1.807) is 0 Å². The Hall–Kier alpha value is -0.150. The Morgan fingerprint density at radius 2 is 1.73 bits per heavy atom. The molecule has 0 bridgehead atoms. The van der Waals surface area contributed by atoms with Crippen LogP contribution in [0.25, 0.3) is 0 Å². The fraction of sp³-hybridized carbons (Fsp3) is 0.375. The van der Waals surface area contributed by atoms with Crippen LogP contribution in [0.2, 0.25) is 0 Å². The van der Waals surface area contributed by atoms with Gasteiger partial charge in [0.25, 0.3) is 0 Å². The second-order valence-electron chi connectivity index (χ2n) is 2.08. The average molecular weight is 185 g/mol. The molecule has 3 heteroatoms. The van der Waals surface area contributed by atoms with Crippen molar-refractivity contribution in [3.8, 4) is 0 Å². The van der Waals surface area contributed by atoms with Crippen molar-refractivity contribution in [3.05, 3.63) is 30.1 Å². The maximum Gasteiger partial charge on any atom is 0.0746 e. The van der Waals surface area contributed by atoms with E-state index in [1.165, 1.54) is 5.56 Å². The van der Waals surface area contributed by atoms with Gasteiger partial charge in [-0.05, 0) is 30.2 Å². The lowest BCUT2D eigenvalue weighted by molar-refractivity contribution is 1.26. The summed E-state index contributed by atoms with van der Waals surface area (Å²) in [7, 11) is 0. The quantitative estimate of drug-likeness (QED) is 0.672. The molecule has 0 saturated carbocycles. The third-order valence-corrected chi connectivity index (χ3v) is 3.96. The van der Waals surface area contributed by atoms with Crippen molar-refractivity contribution in [2.24, 2.45) is 0 Å². The molecule has 0 aliphatic heterocycles. The highest BCUT2D eigenvalue weighted by molar-refractivity contribution is 8.15. The highest BCUT2D eigenvalue weighted by Crippen LogP contribution is 2.35. The van der Waals surface area contributed by atoms with Crippen LogP contribution in [0.1, 0.15) is 10.1 Å². The summed E-state index contributed by atoms with van der Waals surface area (Å²) in [4.78, 5) is 3.98. The first-order chi connectivity index (χ1) is 5.38. The van der Waals surface area contributed by atoms with Gasteiger partial charge in [-0.1, -0.05) is 0 Å². The lowest BCUT2D eigenvalue weighted by atomic mass is 10.3. The van der Waals surface area contributed by atoms with Crippen LogP contribution in [0.4, 0.5) is 0 Å². The maximum absolute atomic E-state index is 3.98. The average Bonchev–Trinajstić information content (AvgIpc) is 2.09. The second kappa shape index (κ2) is 4.67. The Morgan fingerprint density at radius 1 is 1.18 bits per heavy atom. The second-order valence-corrected chi connectivity index (χ2v) is 4.27. The third-order valence-electron chi connectivity index (χ3n) is 1.41. The van der Waals surface area contributed by atoms with Gasteiger partial charge < -0.3 is 0 Å². The van der Waals surface area contributed by atoms with E-state index in [0.29, 0.717) is 4.58 Å². The summed E-state index contributed by atoms with van der Waals surface area (Å²) >= 11 is 3.72. The summed E-state index contributed by atoms with van der Waals surface area (Å²) in [6.45, 7) is 0. The summed E-state index contributed by atoms with van der Waals surface area (Å²) in [6.07, 6.45) is 7.94. The van der Waals surface area contributed by atoms with Gasteiger partial charge in [0.1, 0.15) is 0 Å². The predicted molar refractivity (Wildman–Crippen MR) is 54.0 cm³/mol. The molecule has 1 heterocycles. The van der Waals surface area contributed by atoms with Crippen molar-refractivity contribution in [1.82, 2.24) is 4.98 Å². The van der Waals surface area contributed by atoms with Crippen LogP contribution in [0.15, 0.2) is 24.5 Å². The molecular formula is C8H11NS2. The molecule has 0 saturated heterocycles. The van der Waals surface area contributed by atoms with Crippen molar-refractivity contribution < 1.29 is 0 Å². The first-order valence-electron chi connectivity index (χ1n) is 3.34. The lowest BCUT2D eigenvalue weighted by Gasteiger charge is -2.10. The molecule has 0 aromatic carbocycles.